The van der Waals surface area contributed by atoms with E-state index in [4.69, 9.17) is 11.6 Å². The molecule has 114 valence electrons. The molecular weight excluding hydrogens is 302 g/mol. The van der Waals surface area contributed by atoms with E-state index in [0.29, 0.717) is 28.5 Å². The van der Waals surface area contributed by atoms with Crippen molar-refractivity contribution >= 4 is 40.6 Å². The van der Waals surface area contributed by atoms with Crippen LogP contribution in [0.15, 0.2) is 48.5 Å². The van der Waals surface area contributed by atoms with Gasteiger partial charge in [-0.3, -0.25) is 4.79 Å². The molecule has 2 rings (SSSR count). The summed E-state index contributed by atoms with van der Waals surface area (Å²) in [6.45, 7) is 1.77. The predicted octanol–water partition coefficient (Wildman–Crippen LogP) is 4.33. The van der Waals surface area contributed by atoms with Crippen LogP contribution in [-0.2, 0) is 4.79 Å². The minimum Gasteiger partial charge on any atom is -0.326 e. The van der Waals surface area contributed by atoms with Crippen LogP contribution in [0, 0.1) is 0 Å². The largest absolute Gasteiger partial charge is 0.326 e. The van der Waals surface area contributed by atoms with Gasteiger partial charge in [0.15, 0.2) is 0 Å². The molecule has 0 heterocycles. The predicted molar refractivity (Wildman–Crippen MR) is 89.5 cm³/mol. The maximum Gasteiger partial charge on any atom is 0.323 e. The number of carbonyl (C=O) groups excluding carboxylic acids is 2. The molecule has 0 aromatic heterocycles. The number of hydrogen-bond acceptors (Lipinski definition) is 2. The number of carbonyl (C=O) groups is 2. The molecule has 2 aromatic carbocycles. The minimum absolute atomic E-state index is 0.0808. The summed E-state index contributed by atoms with van der Waals surface area (Å²) in [6, 6.07) is 13.4. The number of anilines is 3. The second kappa shape index (κ2) is 7.47. The second-order valence-corrected chi connectivity index (χ2v) is 5.00. The fourth-order valence-corrected chi connectivity index (χ4v) is 1.88. The Morgan fingerprint density at radius 1 is 0.909 bits per heavy atom. The zero-order valence-corrected chi connectivity index (χ0v) is 12.8. The van der Waals surface area contributed by atoms with E-state index in [-0.39, 0.29) is 11.9 Å². The van der Waals surface area contributed by atoms with Crippen molar-refractivity contribution in [2.24, 2.45) is 0 Å². The molecule has 0 atom stereocenters. The molecule has 0 unspecified atom stereocenters. The molecule has 0 aliphatic heterocycles. The molecular formula is C16H16ClN3O2. The van der Waals surface area contributed by atoms with Crippen LogP contribution in [0.4, 0.5) is 21.9 Å². The molecule has 0 saturated heterocycles. The SMILES string of the molecule is CCC(=O)Nc1cccc(NC(=O)Nc2ccc(Cl)cc2)c1. The van der Waals surface area contributed by atoms with E-state index in [0.717, 1.165) is 0 Å². The molecule has 2 aromatic rings. The van der Waals surface area contributed by atoms with Crippen molar-refractivity contribution in [3.05, 3.63) is 53.6 Å². The van der Waals surface area contributed by atoms with E-state index in [1.165, 1.54) is 0 Å². The van der Waals surface area contributed by atoms with E-state index >= 15 is 0 Å². The fraction of sp³-hybridized carbons (Fsp3) is 0.125. The van der Waals surface area contributed by atoms with Gasteiger partial charge in [0.05, 0.1) is 0 Å². The quantitative estimate of drug-likeness (QED) is 0.785. The summed E-state index contributed by atoms with van der Waals surface area (Å²) in [6.07, 6.45) is 0.398. The maximum atomic E-state index is 11.9. The van der Waals surface area contributed by atoms with Crippen LogP contribution in [0.2, 0.25) is 5.02 Å². The van der Waals surface area contributed by atoms with Crippen LogP contribution >= 0.6 is 11.6 Å². The summed E-state index contributed by atoms with van der Waals surface area (Å²) in [5, 5.41) is 8.73. The molecule has 0 saturated carbocycles. The Morgan fingerprint density at radius 3 is 2.14 bits per heavy atom. The first-order valence-corrected chi connectivity index (χ1v) is 7.18. The molecule has 5 nitrogen and oxygen atoms in total. The smallest absolute Gasteiger partial charge is 0.323 e. The Morgan fingerprint density at radius 2 is 1.50 bits per heavy atom. The normalized spacial score (nSPS) is 9.91. The topological polar surface area (TPSA) is 70.2 Å². The van der Waals surface area contributed by atoms with Crippen LogP contribution in [-0.4, -0.2) is 11.9 Å². The molecule has 0 aliphatic carbocycles. The van der Waals surface area contributed by atoms with Crippen LogP contribution in [0.5, 0.6) is 0 Å². The van der Waals surface area contributed by atoms with Crippen molar-refractivity contribution in [1.29, 1.82) is 0 Å². The van der Waals surface area contributed by atoms with Gasteiger partial charge in [0, 0.05) is 28.5 Å². The number of halogens is 1. The molecule has 0 radical (unpaired) electrons. The summed E-state index contributed by atoms with van der Waals surface area (Å²) in [4.78, 5) is 23.3. The standard InChI is InChI=1S/C16H16ClN3O2/c1-2-15(21)18-13-4-3-5-14(10-13)20-16(22)19-12-8-6-11(17)7-9-12/h3-10H,2H2,1H3,(H,18,21)(H2,19,20,22). The van der Waals surface area contributed by atoms with Gasteiger partial charge in [-0.15, -0.1) is 0 Å². The highest BCUT2D eigenvalue weighted by atomic mass is 35.5. The van der Waals surface area contributed by atoms with E-state index in [1.807, 2.05) is 0 Å². The molecule has 0 fully saturated rings. The number of urea groups is 1. The zero-order valence-electron chi connectivity index (χ0n) is 12.0. The number of amides is 3. The van der Waals surface area contributed by atoms with Crippen molar-refractivity contribution in [2.45, 2.75) is 13.3 Å². The first-order valence-electron chi connectivity index (χ1n) is 6.80. The molecule has 0 bridgehead atoms. The molecule has 22 heavy (non-hydrogen) atoms. The highest BCUT2D eigenvalue weighted by Gasteiger charge is 2.04. The molecule has 6 heteroatoms. The monoisotopic (exact) mass is 317 g/mol. The Balaban J connectivity index is 1.97. The first-order chi connectivity index (χ1) is 10.6. The fourth-order valence-electron chi connectivity index (χ4n) is 1.75. The van der Waals surface area contributed by atoms with Gasteiger partial charge in [-0.05, 0) is 42.5 Å². The van der Waals surface area contributed by atoms with Gasteiger partial charge in [-0.25, -0.2) is 4.79 Å². The van der Waals surface area contributed by atoms with Gasteiger partial charge in [0.25, 0.3) is 0 Å². The lowest BCUT2D eigenvalue weighted by Gasteiger charge is -2.09. The van der Waals surface area contributed by atoms with Gasteiger partial charge in [-0.1, -0.05) is 24.6 Å². The molecule has 3 N–H and O–H groups in total. The van der Waals surface area contributed by atoms with Gasteiger partial charge in [0.1, 0.15) is 0 Å². The van der Waals surface area contributed by atoms with E-state index in [1.54, 1.807) is 55.5 Å². The van der Waals surface area contributed by atoms with Crippen molar-refractivity contribution < 1.29 is 9.59 Å². The first kappa shape index (κ1) is 15.9. The summed E-state index contributed by atoms with van der Waals surface area (Å²) in [5.41, 5.74) is 1.86. The number of rotatable bonds is 4. The van der Waals surface area contributed by atoms with Gasteiger partial charge in [-0.2, -0.15) is 0 Å². The van der Waals surface area contributed by atoms with Gasteiger partial charge in [0.2, 0.25) is 5.91 Å². The van der Waals surface area contributed by atoms with Crippen molar-refractivity contribution in [3.8, 4) is 0 Å². The summed E-state index contributed by atoms with van der Waals surface area (Å²) >= 11 is 5.79. The average molecular weight is 318 g/mol. The molecule has 0 spiro atoms. The highest BCUT2D eigenvalue weighted by molar-refractivity contribution is 6.30. The molecule has 3 amide bonds. The molecule has 0 aliphatic rings. The van der Waals surface area contributed by atoms with Crippen LogP contribution in [0.1, 0.15) is 13.3 Å². The lowest BCUT2D eigenvalue weighted by Crippen LogP contribution is -2.19. The van der Waals surface area contributed by atoms with E-state index < -0.39 is 0 Å². The van der Waals surface area contributed by atoms with Crippen molar-refractivity contribution in [1.82, 2.24) is 0 Å². The Kier molecular flexibility index (Phi) is 5.38. The third-order valence-corrected chi connectivity index (χ3v) is 3.08. The third-order valence-electron chi connectivity index (χ3n) is 2.83. The number of nitrogens with one attached hydrogen (secondary N) is 3. The second-order valence-electron chi connectivity index (χ2n) is 4.57. The zero-order chi connectivity index (χ0) is 15.9. The van der Waals surface area contributed by atoms with Crippen LogP contribution in [0.3, 0.4) is 0 Å². The Hall–Kier alpha value is -2.53. The Bertz CT molecular complexity index is 671. The number of hydrogen-bond donors (Lipinski definition) is 3. The van der Waals surface area contributed by atoms with Gasteiger partial charge >= 0.3 is 6.03 Å². The highest BCUT2D eigenvalue weighted by Crippen LogP contribution is 2.17. The van der Waals surface area contributed by atoms with Crippen LogP contribution in [0.25, 0.3) is 0 Å². The van der Waals surface area contributed by atoms with E-state index in [2.05, 4.69) is 16.0 Å². The summed E-state index contributed by atoms with van der Waals surface area (Å²) in [7, 11) is 0. The summed E-state index contributed by atoms with van der Waals surface area (Å²) in [5.74, 6) is -0.0808. The average Bonchev–Trinajstić information content (AvgIpc) is 2.49. The van der Waals surface area contributed by atoms with Crippen molar-refractivity contribution in [3.63, 3.8) is 0 Å². The van der Waals surface area contributed by atoms with Crippen LogP contribution < -0.4 is 16.0 Å². The third kappa shape index (κ3) is 4.79. The maximum absolute atomic E-state index is 11.9. The lowest BCUT2D eigenvalue weighted by atomic mass is 10.2. The lowest BCUT2D eigenvalue weighted by molar-refractivity contribution is -0.115. The number of benzene rings is 2. The van der Waals surface area contributed by atoms with Crippen molar-refractivity contribution in [2.75, 3.05) is 16.0 Å². The minimum atomic E-state index is -0.374. The summed E-state index contributed by atoms with van der Waals surface area (Å²) < 4.78 is 0. The van der Waals surface area contributed by atoms with Gasteiger partial charge < -0.3 is 16.0 Å². The Labute approximate surface area is 133 Å². The van der Waals surface area contributed by atoms with E-state index in [9.17, 15) is 9.59 Å².